The summed E-state index contributed by atoms with van der Waals surface area (Å²) < 4.78 is 10.2. The van der Waals surface area contributed by atoms with E-state index in [1.807, 2.05) is 31.2 Å². The highest BCUT2D eigenvalue weighted by Gasteiger charge is 1.98. The average molecular weight is 220 g/mol. The number of hydrogen-bond donors (Lipinski definition) is 0. The second-order valence-electron chi connectivity index (χ2n) is 3.59. The Morgan fingerprint density at radius 1 is 1.06 bits per heavy atom. The molecule has 0 spiro atoms. The fourth-order valence-corrected chi connectivity index (χ4v) is 1.12. The topological polar surface area (TPSA) is 35.5 Å². The maximum absolute atomic E-state index is 10.6. The largest absolute Gasteiger partial charge is 0.494 e. The zero-order valence-corrected chi connectivity index (χ0v) is 9.66. The van der Waals surface area contributed by atoms with Crippen LogP contribution in [0.15, 0.2) is 36.6 Å². The quantitative estimate of drug-likeness (QED) is 0.565. The molecule has 0 aliphatic carbocycles. The van der Waals surface area contributed by atoms with Gasteiger partial charge in [0.25, 0.3) is 0 Å². The van der Waals surface area contributed by atoms with Crippen LogP contribution in [0.4, 0.5) is 0 Å². The minimum absolute atomic E-state index is 0.269. The summed E-state index contributed by atoms with van der Waals surface area (Å²) in [7, 11) is 0. The lowest BCUT2D eigenvalue weighted by atomic mass is 10.1. The van der Waals surface area contributed by atoms with Crippen LogP contribution in [0.3, 0.4) is 0 Å². The van der Waals surface area contributed by atoms with Gasteiger partial charge in [0, 0.05) is 6.92 Å². The molecule has 0 atom stereocenters. The SMILES string of the molecule is C=C(C)OCc1ccc(COC(C)=O)cc1. The van der Waals surface area contributed by atoms with Gasteiger partial charge >= 0.3 is 5.97 Å². The van der Waals surface area contributed by atoms with Crippen molar-refractivity contribution in [1.82, 2.24) is 0 Å². The third kappa shape index (κ3) is 4.64. The summed E-state index contributed by atoms with van der Waals surface area (Å²) in [6, 6.07) is 7.73. The number of hydrogen-bond acceptors (Lipinski definition) is 3. The van der Waals surface area contributed by atoms with E-state index in [2.05, 4.69) is 6.58 Å². The second kappa shape index (κ2) is 5.95. The monoisotopic (exact) mass is 220 g/mol. The molecule has 0 saturated heterocycles. The van der Waals surface area contributed by atoms with Gasteiger partial charge in [-0.05, 0) is 18.1 Å². The first kappa shape index (κ1) is 12.3. The molecule has 3 heteroatoms. The normalized spacial score (nSPS) is 9.62. The lowest BCUT2D eigenvalue weighted by Gasteiger charge is -2.06. The minimum atomic E-state index is -0.269. The molecule has 86 valence electrons. The Hall–Kier alpha value is -1.77. The van der Waals surface area contributed by atoms with Gasteiger partial charge in [-0.1, -0.05) is 30.8 Å². The van der Waals surface area contributed by atoms with Crippen molar-refractivity contribution < 1.29 is 14.3 Å². The summed E-state index contributed by atoms with van der Waals surface area (Å²) in [6.07, 6.45) is 0. The maximum Gasteiger partial charge on any atom is 0.302 e. The van der Waals surface area contributed by atoms with Crippen molar-refractivity contribution in [3.63, 3.8) is 0 Å². The summed E-state index contributed by atoms with van der Waals surface area (Å²) in [5.41, 5.74) is 2.03. The predicted molar refractivity (Wildman–Crippen MR) is 61.5 cm³/mol. The first-order valence-electron chi connectivity index (χ1n) is 5.07. The highest BCUT2D eigenvalue weighted by Crippen LogP contribution is 2.08. The third-order valence-corrected chi connectivity index (χ3v) is 1.95. The van der Waals surface area contributed by atoms with Crippen molar-refractivity contribution in [2.24, 2.45) is 0 Å². The Bertz CT molecular complexity index is 328. The van der Waals surface area contributed by atoms with E-state index in [0.29, 0.717) is 19.0 Å². The van der Waals surface area contributed by atoms with Crippen LogP contribution in [0, 0.1) is 0 Å². The van der Waals surface area contributed by atoms with E-state index in [1.165, 1.54) is 6.92 Å². The van der Waals surface area contributed by atoms with E-state index in [9.17, 15) is 4.79 Å². The average Bonchev–Trinajstić information content (AvgIpc) is 2.25. The van der Waals surface area contributed by atoms with E-state index in [1.54, 1.807) is 0 Å². The van der Waals surface area contributed by atoms with Gasteiger partial charge in [-0.2, -0.15) is 0 Å². The molecular formula is C13H16O3. The number of carbonyl (C=O) groups excluding carboxylic acids is 1. The van der Waals surface area contributed by atoms with Crippen molar-refractivity contribution in [2.45, 2.75) is 27.1 Å². The summed E-state index contributed by atoms with van der Waals surface area (Å²) in [6.45, 7) is 7.70. The van der Waals surface area contributed by atoms with Gasteiger partial charge in [0.05, 0.1) is 5.76 Å². The zero-order valence-electron chi connectivity index (χ0n) is 9.66. The Labute approximate surface area is 95.7 Å². The Morgan fingerprint density at radius 2 is 1.50 bits per heavy atom. The van der Waals surface area contributed by atoms with Crippen LogP contribution >= 0.6 is 0 Å². The van der Waals surface area contributed by atoms with E-state index >= 15 is 0 Å². The molecule has 0 aliphatic heterocycles. The van der Waals surface area contributed by atoms with Gasteiger partial charge in [0.2, 0.25) is 0 Å². The van der Waals surface area contributed by atoms with Crippen LogP contribution in [0.1, 0.15) is 25.0 Å². The fourth-order valence-electron chi connectivity index (χ4n) is 1.12. The van der Waals surface area contributed by atoms with Crippen LogP contribution in [-0.4, -0.2) is 5.97 Å². The molecule has 0 fully saturated rings. The summed E-state index contributed by atoms with van der Waals surface area (Å²) in [5, 5.41) is 0. The molecule has 0 radical (unpaired) electrons. The first-order chi connectivity index (χ1) is 7.58. The summed E-state index contributed by atoms with van der Waals surface area (Å²) in [4.78, 5) is 10.6. The minimum Gasteiger partial charge on any atom is -0.494 e. The first-order valence-corrected chi connectivity index (χ1v) is 5.07. The lowest BCUT2D eigenvalue weighted by molar-refractivity contribution is -0.142. The molecule has 1 rings (SSSR count). The van der Waals surface area contributed by atoms with E-state index < -0.39 is 0 Å². The van der Waals surface area contributed by atoms with Gasteiger partial charge < -0.3 is 9.47 Å². The smallest absolute Gasteiger partial charge is 0.302 e. The molecule has 0 heterocycles. The lowest BCUT2D eigenvalue weighted by Crippen LogP contribution is -1.99. The van der Waals surface area contributed by atoms with Crippen molar-refractivity contribution in [2.75, 3.05) is 0 Å². The molecule has 0 aliphatic rings. The molecular weight excluding hydrogens is 204 g/mol. The molecule has 0 amide bonds. The molecule has 0 unspecified atom stereocenters. The van der Waals surface area contributed by atoms with E-state index in [-0.39, 0.29) is 5.97 Å². The summed E-state index contributed by atoms with van der Waals surface area (Å²) >= 11 is 0. The number of ether oxygens (including phenoxy) is 2. The highest BCUT2D eigenvalue weighted by atomic mass is 16.5. The van der Waals surface area contributed by atoms with Crippen LogP contribution in [0.25, 0.3) is 0 Å². The Morgan fingerprint density at radius 3 is 1.88 bits per heavy atom. The van der Waals surface area contributed by atoms with Crippen LogP contribution in [-0.2, 0) is 27.5 Å². The van der Waals surface area contributed by atoms with E-state index in [0.717, 1.165) is 11.1 Å². The predicted octanol–water partition coefficient (Wildman–Crippen LogP) is 2.80. The van der Waals surface area contributed by atoms with Crippen molar-refractivity contribution in [1.29, 1.82) is 0 Å². The molecule has 0 N–H and O–H groups in total. The second-order valence-corrected chi connectivity index (χ2v) is 3.59. The molecule has 3 nitrogen and oxygen atoms in total. The zero-order chi connectivity index (χ0) is 12.0. The molecule has 1 aromatic rings. The standard InChI is InChI=1S/C13H16O3/c1-10(2)15-8-12-4-6-13(7-5-12)9-16-11(3)14/h4-7H,1,8-9H2,2-3H3. The molecule has 0 bridgehead atoms. The van der Waals surface area contributed by atoms with Gasteiger partial charge in [-0.15, -0.1) is 0 Å². The number of rotatable bonds is 5. The van der Waals surface area contributed by atoms with Gasteiger partial charge in [-0.3, -0.25) is 4.79 Å². The number of allylic oxidation sites excluding steroid dienone is 1. The Balaban J connectivity index is 2.47. The van der Waals surface area contributed by atoms with Gasteiger partial charge in [0.15, 0.2) is 0 Å². The number of carbonyl (C=O) groups is 1. The highest BCUT2D eigenvalue weighted by molar-refractivity contribution is 5.65. The number of esters is 1. The molecule has 0 aromatic heterocycles. The number of benzene rings is 1. The van der Waals surface area contributed by atoms with Gasteiger partial charge in [0.1, 0.15) is 13.2 Å². The molecule has 0 saturated carbocycles. The van der Waals surface area contributed by atoms with Crippen LogP contribution in [0.2, 0.25) is 0 Å². The molecule has 16 heavy (non-hydrogen) atoms. The van der Waals surface area contributed by atoms with Crippen molar-refractivity contribution in [3.05, 3.63) is 47.7 Å². The van der Waals surface area contributed by atoms with E-state index in [4.69, 9.17) is 9.47 Å². The van der Waals surface area contributed by atoms with Crippen molar-refractivity contribution in [3.8, 4) is 0 Å². The van der Waals surface area contributed by atoms with Crippen molar-refractivity contribution >= 4 is 5.97 Å². The fraction of sp³-hybridized carbons (Fsp3) is 0.308. The third-order valence-electron chi connectivity index (χ3n) is 1.95. The maximum atomic E-state index is 10.6. The summed E-state index contributed by atoms with van der Waals surface area (Å²) in [5.74, 6) is 0.429. The van der Waals surface area contributed by atoms with Gasteiger partial charge in [-0.25, -0.2) is 0 Å². The van der Waals surface area contributed by atoms with Crippen LogP contribution < -0.4 is 0 Å². The molecule has 1 aromatic carbocycles. The van der Waals surface area contributed by atoms with Crippen LogP contribution in [0.5, 0.6) is 0 Å². The Kier molecular flexibility index (Phi) is 4.58.